The lowest BCUT2D eigenvalue weighted by molar-refractivity contribution is 0.104. The number of ether oxygens (including phenoxy) is 1. The van der Waals surface area contributed by atoms with Gasteiger partial charge in [0.15, 0.2) is 0 Å². The summed E-state index contributed by atoms with van der Waals surface area (Å²) < 4.78 is 5.47. The Labute approximate surface area is 91.1 Å². The van der Waals surface area contributed by atoms with E-state index in [1.807, 2.05) is 38.2 Å². The van der Waals surface area contributed by atoms with E-state index >= 15 is 0 Å². The number of rotatable bonds is 6. The topological polar surface area (TPSA) is 41.5 Å². The number of hydrogen-bond donors (Lipinski definition) is 2. The van der Waals surface area contributed by atoms with Crippen molar-refractivity contribution in [1.82, 2.24) is 5.32 Å². The highest BCUT2D eigenvalue weighted by molar-refractivity contribution is 5.28. The van der Waals surface area contributed by atoms with Crippen molar-refractivity contribution >= 4 is 0 Å². The fraction of sp³-hybridized carbons (Fsp3) is 0.500. The average molecular weight is 209 g/mol. The molecule has 1 aromatic rings. The number of nitrogens with one attached hydrogen (secondary N) is 1. The zero-order chi connectivity index (χ0) is 11.1. The van der Waals surface area contributed by atoms with E-state index in [9.17, 15) is 5.11 Å². The highest BCUT2D eigenvalue weighted by Gasteiger charge is 2.02. The zero-order valence-electron chi connectivity index (χ0n) is 9.36. The Balaban J connectivity index is 2.50. The first-order valence-electron chi connectivity index (χ1n) is 5.30. The molecule has 0 aliphatic carbocycles. The molecule has 0 amide bonds. The summed E-state index contributed by atoms with van der Waals surface area (Å²) >= 11 is 0. The van der Waals surface area contributed by atoms with E-state index in [1.165, 1.54) is 5.56 Å². The fourth-order valence-corrected chi connectivity index (χ4v) is 1.26. The first-order chi connectivity index (χ1) is 7.26. The summed E-state index contributed by atoms with van der Waals surface area (Å²) in [6.07, 6.45) is 0.342. The molecule has 0 aliphatic rings. The van der Waals surface area contributed by atoms with E-state index < -0.39 is 0 Å². The van der Waals surface area contributed by atoms with Crippen LogP contribution in [0.15, 0.2) is 24.3 Å². The van der Waals surface area contributed by atoms with Gasteiger partial charge in [0.2, 0.25) is 0 Å². The summed E-state index contributed by atoms with van der Waals surface area (Å²) in [4.78, 5) is 0. The lowest BCUT2D eigenvalue weighted by Crippen LogP contribution is -2.16. The summed E-state index contributed by atoms with van der Waals surface area (Å²) in [5.74, 6) is 0.815. The lowest BCUT2D eigenvalue weighted by Gasteiger charge is -2.11. The minimum absolute atomic E-state index is 0.361. The quantitative estimate of drug-likeness (QED) is 0.747. The molecular formula is C12H19NO2. The molecule has 84 valence electrons. The number of aliphatic hydroxyl groups excluding tert-OH is 1. The molecule has 0 bridgehead atoms. The SMILES string of the molecule is CCC(O)COc1cccc(CNC)c1. The molecule has 1 atom stereocenters. The Morgan fingerprint density at radius 1 is 1.47 bits per heavy atom. The molecule has 3 nitrogen and oxygen atoms in total. The molecule has 0 fully saturated rings. The molecule has 0 radical (unpaired) electrons. The standard InChI is InChI=1S/C12H19NO2/c1-3-11(14)9-15-12-6-4-5-10(7-12)8-13-2/h4-7,11,13-14H,3,8-9H2,1-2H3. The summed E-state index contributed by atoms with van der Waals surface area (Å²) in [6, 6.07) is 7.89. The second-order valence-electron chi connectivity index (χ2n) is 3.55. The van der Waals surface area contributed by atoms with Crippen LogP contribution in [0.5, 0.6) is 5.75 Å². The minimum atomic E-state index is -0.377. The Bertz CT molecular complexity index is 289. The van der Waals surface area contributed by atoms with Crippen molar-refractivity contribution in [3.05, 3.63) is 29.8 Å². The highest BCUT2D eigenvalue weighted by Crippen LogP contribution is 2.13. The van der Waals surface area contributed by atoms with Crippen molar-refractivity contribution in [2.45, 2.75) is 26.0 Å². The van der Waals surface area contributed by atoms with E-state index in [1.54, 1.807) is 0 Å². The molecule has 1 aromatic carbocycles. The van der Waals surface area contributed by atoms with E-state index in [-0.39, 0.29) is 6.10 Å². The van der Waals surface area contributed by atoms with E-state index in [2.05, 4.69) is 5.32 Å². The van der Waals surface area contributed by atoms with Crippen LogP contribution in [0.1, 0.15) is 18.9 Å². The predicted molar refractivity (Wildman–Crippen MR) is 61.0 cm³/mol. The third-order valence-corrected chi connectivity index (χ3v) is 2.19. The first-order valence-corrected chi connectivity index (χ1v) is 5.30. The Hall–Kier alpha value is -1.06. The Kier molecular flexibility index (Phi) is 5.15. The van der Waals surface area contributed by atoms with Crippen LogP contribution in [0, 0.1) is 0 Å². The van der Waals surface area contributed by atoms with Gasteiger partial charge in [0.1, 0.15) is 12.4 Å². The number of benzene rings is 1. The highest BCUT2D eigenvalue weighted by atomic mass is 16.5. The van der Waals surface area contributed by atoms with Gasteiger partial charge in [-0.1, -0.05) is 19.1 Å². The van der Waals surface area contributed by atoms with Crippen LogP contribution in [0.2, 0.25) is 0 Å². The second-order valence-corrected chi connectivity index (χ2v) is 3.55. The molecule has 15 heavy (non-hydrogen) atoms. The van der Waals surface area contributed by atoms with Gasteiger partial charge in [-0.3, -0.25) is 0 Å². The normalized spacial score (nSPS) is 12.5. The van der Waals surface area contributed by atoms with Crippen LogP contribution in [0.25, 0.3) is 0 Å². The maximum absolute atomic E-state index is 9.35. The first kappa shape index (κ1) is 12.0. The van der Waals surface area contributed by atoms with Gasteiger partial charge in [0.25, 0.3) is 0 Å². The third kappa shape index (κ3) is 4.32. The van der Waals surface area contributed by atoms with Crippen LogP contribution < -0.4 is 10.1 Å². The summed E-state index contributed by atoms with van der Waals surface area (Å²) in [5.41, 5.74) is 1.18. The van der Waals surface area contributed by atoms with Gasteiger partial charge in [0.05, 0.1) is 6.10 Å². The minimum Gasteiger partial charge on any atom is -0.491 e. The summed E-state index contributed by atoms with van der Waals surface area (Å²) in [6.45, 7) is 3.12. The molecule has 1 unspecified atom stereocenters. The molecule has 0 heterocycles. The largest absolute Gasteiger partial charge is 0.491 e. The predicted octanol–water partition coefficient (Wildman–Crippen LogP) is 1.56. The summed E-state index contributed by atoms with van der Waals surface area (Å²) in [7, 11) is 1.91. The molecule has 0 aliphatic heterocycles. The van der Waals surface area contributed by atoms with Crippen LogP contribution in [-0.4, -0.2) is 24.9 Å². The van der Waals surface area contributed by atoms with Crippen molar-refractivity contribution < 1.29 is 9.84 Å². The average Bonchev–Trinajstić information content (AvgIpc) is 2.27. The molecule has 1 rings (SSSR count). The van der Waals surface area contributed by atoms with Gasteiger partial charge < -0.3 is 15.2 Å². The van der Waals surface area contributed by atoms with Crippen LogP contribution in [-0.2, 0) is 6.54 Å². The van der Waals surface area contributed by atoms with E-state index in [0.29, 0.717) is 6.61 Å². The molecule has 0 saturated heterocycles. The van der Waals surface area contributed by atoms with Crippen molar-refractivity contribution in [3.63, 3.8) is 0 Å². The zero-order valence-corrected chi connectivity index (χ0v) is 9.36. The Morgan fingerprint density at radius 3 is 2.93 bits per heavy atom. The van der Waals surface area contributed by atoms with Gasteiger partial charge in [-0.05, 0) is 31.2 Å². The Morgan fingerprint density at radius 2 is 2.27 bits per heavy atom. The van der Waals surface area contributed by atoms with Gasteiger partial charge in [-0.15, -0.1) is 0 Å². The van der Waals surface area contributed by atoms with Crippen molar-refractivity contribution in [1.29, 1.82) is 0 Å². The molecule has 2 N–H and O–H groups in total. The summed E-state index contributed by atoms with van der Waals surface area (Å²) in [5, 5.41) is 12.4. The fourth-order valence-electron chi connectivity index (χ4n) is 1.26. The van der Waals surface area contributed by atoms with Gasteiger partial charge in [0, 0.05) is 6.54 Å². The van der Waals surface area contributed by atoms with Crippen molar-refractivity contribution in [2.24, 2.45) is 0 Å². The van der Waals surface area contributed by atoms with Crippen LogP contribution in [0.4, 0.5) is 0 Å². The number of aliphatic hydroxyl groups is 1. The number of hydrogen-bond acceptors (Lipinski definition) is 3. The van der Waals surface area contributed by atoms with Gasteiger partial charge in [-0.25, -0.2) is 0 Å². The van der Waals surface area contributed by atoms with E-state index in [4.69, 9.17) is 4.74 Å². The third-order valence-electron chi connectivity index (χ3n) is 2.19. The maximum Gasteiger partial charge on any atom is 0.119 e. The van der Waals surface area contributed by atoms with Crippen LogP contribution >= 0.6 is 0 Å². The van der Waals surface area contributed by atoms with E-state index in [0.717, 1.165) is 18.7 Å². The lowest BCUT2D eigenvalue weighted by atomic mass is 10.2. The van der Waals surface area contributed by atoms with Gasteiger partial charge >= 0.3 is 0 Å². The molecule has 0 spiro atoms. The molecule has 0 saturated carbocycles. The van der Waals surface area contributed by atoms with Crippen molar-refractivity contribution in [3.8, 4) is 5.75 Å². The molecule has 0 aromatic heterocycles. The monoisotopic (exact) mass is 209 g/mol. The van der Waals surface area contributed by atoms with Crippen LogP contribution in [0.3, 0.4) is 0 Å². The van der Waals surface area contributed by atoms with Crippen molar-refractivity contribution in [2.75, 3.05) is 13.7 Å². The second kappa shape index (κ2) is 6.43. The smallest absolute Gasteiger partial charge is 0.119 e. The van der Waals surface area contributed by atoms with Gasteiger partial charge in [-0.2, -0.15) is 0 Å². The maximum atomic E-state index is 9.35. The molecular weight excluding hydrogens is 190 g/mol. The molecule has 3 heteroatoms.